The molecule has 0 aliphatic heterocycles. The Bertz CT molecular complexity index is 596. The zero-order valence-corrected chi connectivity index (χ0v) is 15.7. The van der Waals surface area contributed by atoms with Crippen molar-refractivity contribution in [3.63, 3.8) is 0 Å². The first-order chi connectivity index (χ1) is 11.3. The molecule has 0 saturated heterocycles. The van der Waals surface area contributed by atoms with Gasteiger partial charge in [-0.25, -0.2) is 5.43 Å². The maximum absolute atomic E-state index is 12.3. The minimum Gasteiger partial charge on any atom is -0.495 e. The summed E-state index contributed by atoms with van der Waals surface area (Å²) in [6, 6.07) is 3.23. The van der Waals surface area contributed by atoms with Crippen LogP contribution in [-0.2, 0) is 20.7 Å². The van der Waals surface area contributed by atoms with E-state index in [0.717, 1.165) is 0 Å². The minimum absolute atomic E-state index is 0.0137. The molecule has 1 N–H and O–H groups in total. The van der Waals surface area contributed by atoms with Gasteiger partial charge in [0.05, 0.1) is 31.1 Å². The number of hydrogen-bond donors (Lipinski definition) is 1. The third-order valence-electron chi connectivity index (χ3n) is 3.39. The van der Waals surface area contributed by atoms with Crippen LogP contribution < -0.4 is 10.2 Å². The average Bonchev–Trinajstić information content (AvgIpc) is 2.55. The van der Waals surface area contributed by atoms with Gasteiger partial charge in [-0.15, -0.1) is 0 Å². The van der Waals surface area contributed by atoms with Crippen LogP contribution in [0.15, 0.2) is 12.1 Å². The van der Waals surface area contributed by atoms with Crippen molar-refractivity contribution >= 4 is 35.1 Å². The Morgan fingerprint density at radius 1 is 1.29 bits per heavy atom. The van der Waals surface area contributed by atoms with Gasteiger partial charge in [0.2, 0.25) is 5.91 Å². The summed E-state index contributed by atoms with van der Waals surface area (Å²) in [4.78, 5) is 23.9. The fraction of sp³-hybridized carbons (Fsp3) is 0.500. The summed E-state index contributed by atoms with van der Waals surface area (Å²) in [6.07, 6.45) is 0.0137. The number of carbonyl (C=O) groups is 2. The summed E-state index contributed by atoms with van der Waals surface area (Å²) in [7, 11) is 3.04. The molecule has 0 bridgehead atoms. The minimum atomic E-state index is -0.371. The monoisotopic (exact) mass is 376 g/mol. The van der Waals surface area contributed by atoms with Crippen molar-refractivity contribution in [3.8, 4) is 5.75 Å². The summed E-state index contributed by atoms with van der Waals surface area (Å²) < 4.78 is 10.1. The lowest BCUT2D eigenvalue weighted by Crippen LogP contribution is -2.43. The van der Waals surface area contributed by atoms with Crippen LogP contribution in [-0.4, -0.2) is 44.2 Å². The van der Waals surface area contributed by atoms with Gasteiger partial charge in [-0.05, 0) is 19.1 Å². The Morgan fingerprint density at radius 2 is 1.92 bits per heavy atom. The van der Waals surface area contributed by atoms with Crippen molar-refractivity contribution in [1.29, 1.82) is 0 Å². The Labute approximate surface area is 152 Å². The van der Waals surface area contributed by atoms with E-state index in [1.165, 1.54) is 12.1 Å². The predicted molar refractivity (Wildman–Crippen MR) is 93.3 cm³/mol. The van der Waals surface area contributed by atoms with E-state index in [1.54, 1.807) is 33.0 Å². The van der Waals surface area contributed by atoms with Crippen LogP contribution >= 0.6 is 23.2 Å². The van der Waals surface area contributed by atoms with E-state index in [1.807, 2.05) is 0 Å². The zero-order chi connectivity index (χ0) is 18.3. The molecule has 0 aromatic heterocycles. The molecule has 0 heterocycles. The Balaban J connectivity index is 2.68. The highest BCUT2D eigenvalue weighted by Gasteiger charge is 2.20. The molecule has 0 fully saturated rings. The number of carbonyl (C=O) groups excluding carboxylic acids is 2. The standard InChI is InChI=1S/C16H22Cl2N2O4/c1-5-24-16(22)10(2)9-19-20(3)14(21)8-11-12(17)6-7-13(18)15(11)23-4/h6-7,10,19H,5,8-9H2,1-4H3/t10-/m1/s1. The highest BCUT2D eigenvalue weighted by molar-refractivity contribution is 6.35. The van der Waals surface area contributed by atoms with Gasteiger partial charge in [-0.1, -0.05) is 30.1 Å². The van der Waals surface area contributed by atoms with E-state index in [2.05, 4.69) is 5.43 Å². The smallest absolute Gasteiger partial charge is 0.310 e. The predicted octanol–water partition coefficient (Wildman–Crippen LogP) is 2.71. The Morgan fingerprint density at radius 3 is 2.50 bits per heavy atom. The number of methoxy groups -OCH3 is 1. The number of benzene rings is 1. The molecule has 0 saturated carbocycles. The van der Waals surface area contributed by atoms with Crippen molar-refractivity contribution in [2.75, 3.05) is 27.3 Å². The Kier molecular flexibility index (Phi) is 8.31. The summed E-state index contributed by atoms with van der Waals surface area (Å²) in [5.74, 6) is -0.547. The van der Waals surface area contributed by atoms with Crippen molar-refractivity contribution < 1.29 is 19.1 Å². The van der Waals surface area contributed by atoms with E-state index < -0.39 is 0 Å². The topological polar surface area (TPSA) is 67.9 Å². The van der Waals surface area contributed by atoms with E-state index in [-0.39, 0.29) is 30.8 Å². The summed E-state index contributed by atoms with van der Waals surface area (Å²) in [5, 5.41) is 2.10. The Hall–Kier alpha value is -1.50. The number of rotatable bonds is 8. The summed E-state index contributed by atoms with van der Waals surface area (Å²) in [5.41, 5.74) is 3.40. The lowest BCUT2D eigenvalue weighted by Gasteiger charge is -2.21. The second kappa shape index (κ2) is 9.71. The highest BCUT2D eigenvalue weighted by atomic mass is 35.5. The van der Waals surface area contributed by atoms with Crippen LogP contribution in [0.5, 0.6) is 5.75 Å². The molecule has 134 valence electrons. The van der Waals surface area contributed by atoms with E-state index in [9.17, 15) is 9.59 Å². The number of ether oxygens (including phenoxy) is 2. The number of likely N-dealkylation sites (N-methyl/N-ethyl adjacent to an activating group) is 1. The molecule has 1 aromatic carbocycles. The van der Waals surface area contributed by atoms with E-state index in [0.29, 0.717) is 28.0 Å². The van der Waals surface area contributed by atoms with Gasteiger partial charge in [-0.2, -0.15) is 0 Å². The van der Waals surface area contributed by atoms with Crippen molar-refractivity contribution in [3.05, 3.63) is 27.7 Å². The second-order valence-corrected chi connectivity index (χ2v) is 6.00. The molecule has 0 spiro atoms. The van der Waals surface area contributed by atoms with Gasteiger partial charge in [0.25, 0.3) is 0 Å². The van der Waals surface area contributed by atoms with E-state index >= 15 is 0 Å². The number of nitrogens with zero attached hydrogens (tertiary/aromatic N) is 1. The fourth-order valence-electron chi connectivity index (χ4n) is 1.96. The molecule has 1 atom stereocenters. The molecular formula is C16H22Cl2N2O4. The molecule has 0 radical (unpaired) electrons. The van der Waals surface area contributed by atoms with Gasteiger partial charge >= 0.3 is 5.97 Å². The summed E-state index contributed by atoms with van der Waals surface area (Å²) in [6.45, 7) is 4.07. The van der Waals surface area contributed by atoms with Crippen LogP contribution in [0.4, 0.5) is 0 Å². The number of hydrazine groups is 1. The number of halogens is 2. The third kappa shape index (κ3) is 5.54. The van der Waals surface area contributed by atoms with Crippen LogP contribution in [0.1, 0.15) is 19.4 Å². The molecule has 24 heavy (non-hydrogen) atoms. The first-order valence-electron chi connectivity index (χ1n) is 7.49. The average molecular weight is 377 g/mol. The first kappa shape index (κ1) is 20.5. The number of esters is 1. The molecule has 1 aromatic rings. The highest BCUT2D eigenvalue weighted by Crippen LogP contribution is 2.34. The van der Waals surface area contributed by atoms with Crippen LogP contribution in [0.25, 0.3) is 0 Å². The lowest BCUT2D eigenvalue weighted by atomic mass is 10.1. The van der Waals surface area contributed by atoms with Gasteiger partial charge < -0.3 is 9.47 Å². The molecule has 6 nitrogen and oxygen atoms in total. The maximum atomic E-state index is 12.3. The SMILES string of the molecule is CCOC(=O)[C@H](C)CNN(C)C(=O)Cc1c(Cl)ccc(Cl)c1OC. The van der Waals surface area contributed by atoms with Crippen molar-refractivity contribution in [1.82, 2.24) is 10.4 Å². The fourth-order valence-corrected chi connectivity index (χ4v) is 2.43. The maximum Gasteiger partial charge on any atom is 0.310 e. The molecule has 0 aliphatic carbocycles. The van der Waals surface area contributed by atoms with Crippen LogP contribution in [0.3, 0.4) is 0 Å². The lowest BCUT2D eigenvalue weighted by molar-refractivity contribution is -0.148. The molecule has 0 unspecified atom stereocenters. The first-order valence-corrected chi connectivity index (χ1v) is 8.24. The van der Waals surface area contributed by atoms with Crippen molar-refractivity contribution in [2.45, 2.75) is 20.3 Å². The van der Waals surface area contributed by atoms with Gasteiger partial charge in [-0.3, -0.25) is 14.6 Å². The third-order valence-corrected chi connectivity index (χ3v) is 4.04. The normalized spacial score (nSPS) is 11.8. The van der Waals surface area contributed by atoms with Crippen molar-refractivity contribution in [2.24, 2.45) is 5.92 Å². The molecule has 1 amide bonds. The largest absolute Gasteiger partial charge is 0.495 e. The second-order valence-electron chi connectivity index (χ2n) is 5.19. The molecule has 1 rings (SSSR count). The number of amides is 1. The quantitative estimate of drug-likeness (QED) is 0.557. The van der Waals surface area contributed by atoms with Crippen LogP contribution in [0.2, 0.25) is 10.0 Å². The van der Waals surface area contributed by atoms with Gasteiger partial charge in [0, 0.05) is 24.2 Å². The van der Waals surface area contributed by atoms with Gasteiger partial charge in [0.1, 0.15) is 5.75 Å². The number of nitrogens with one attached hydrogen (secondary N) is 1. The van der Waals surface area contributed by atoms with E-state index in [4.69, 9.17) is 32.7 Å². The zero-order valence-electron chi connectivity index (χ0n) is 14.2. The molecule has 8 heteroatoms. The molecular weight excluding hydrogens is 355 g/mol. The molecule has 0 aliphatic rings. The van der Waals surface area contributed by atoms with Gasteiger partial charge in [0.15, 0.2) is 0 Å². The number of hydrogen-bond acceptors (Lipinski definition) is 5. The van der Waals surface area contributed by atoms with Crippen LogP contribution in [0, 0.1) is 5.92 Å². The summed E-state index contributed by atoms with van der Waals surface area (Å²) >= 11 is 12.2.